The summed E-state index contributed by atoms with van der Waals surface area (Å²) in [5.74, 6) is 1.07. The van der Waals surface area contributed by atoms with E-state index >= 15 is 0 Å². The van der Waals surface area contributed by atoms with Crippen molar-refractivity contribution in [1.82, 2.24) is 15.1 Å². The van der Waals surface area contributed by atoms with Crippen molar-refractivity contribution in [3.8, 4) is 17.2 Å². The molecule has 0 aliphatic carbocycles. The van der Waals surface area contributed by atoms with Gasteiger partial charge in [-0.2, -0.15) is 0 Å². The molecule has 0 aliphatic rings. The molecule has 0 radical (unpaired) electrons. The molecule has 0 N–H and O–H groups in total. The van der Waals surface area contributed by atoms with E-state index in [9.17, 15) is 4.79 Å². The second-order valence-electron chi connectivity index (χ2n) is 4.12. The number of carbonyl (C=O) groups excluding carboxylic acids is 1. The molecule has 0 saturated heterocycles. The smallest absolute Gasteiger partial charge is 0.260 e. The lowest BCUT2D eigenvalue weighted by atomic mass is 10.2. The number of likely N-dealkylation sites (N-methyl/N-ethyl adjacent to an activating group) is 1. The van der Waals surface area contributed by atoms with E-state index in [-0.39, 0.29) is 12.5 Å². The molecule has 106 valence electrons. The van der Waals surface area contributed by atoms with E-state index in [0.29, 0.717) is 24.7 Å². The van der Waals surface area contributed by atoms with E-state index in [2.05, 4.69) is 10.2 Å². The van der Waals surface area contributed by atoms with E-state index in [1.807, 2.05) is 26.0 Å². The average molecular weight is 275 g/mol. The Bertz CT molecular complexity index is 533. The maximum atomic E-state index is 11.8. The molecule has 0 fully saturated rings. The van der Waals surface area contributed by atoms with Gasteiger partial charge < -0.3 is 14.1 Å². The second-order valence-corrected chi connectivity index (χ2v) is 4.12. The first-order chi connectivity index (χ1) is 9.74. The van der Waals surface area contributed by atoms with Crippen LogP contribution in [0.2, 0.25) is 0 Å². The van der Waals surface area contributed by atoms with Crippen molar-refractivity contribution in [3.05, 3.63) is 30.7 Å². The minimum atomic E-state index is -0.0176. The number of rotatable bonds is 6. The van der Waals surface area contributed by atoms with E-state index in [1.165, 1.54) is 6.39 Å². The van der Waals surface area contributed by atoms with Gasteiger partial charge in [-0.25, -0.2) is 0 Å². The predicted octanol–water partition coefficient (Wildman–Crippen LogP) is 1.98. The molecular formula is C14H17N3O3. The molecule has 0 unspecified atom stereocenters. The van der Waals surface area contributed by atoms with Gasteiger partial charge in [-0.15, -0.1) is 10.2 Å². The van der Waals surface area contributed by atoms with Crippen LogP contribution in [0.3, 0.4) is 0 Å². The molecule has 2 rings (SSSR count). The summed E-state index contributed by atoms with van der Waals surface area (Å²) < 4.78 is 10.6. The van der Waals surface area contributed by atoms with Crippen molar-refractivity contribution in [2.24, 2.45) is 0 Å². The second kappa shape index (κ2) is 6.70. The van der Waals surface area contributed by atoms with Gasteiger partial charge in [0.25, 0.3) is 5.91 Å². The number of benzene rings is 1. The van der Waals surface area contributed by atoms with Crippen LogP contribution in [0, 0.1) is 0 Å². The van der Waals surface area contributed by atoms with Crippen LogP contribution in [0.4, 0.5) is 0 Å². The zero-order valence-corrected chi connectivity index (χ0v) is 11.6. The third-order valence-corrected chi connectivity index (χ3v) is 2.94. The fraction of sp³-hybridized carbons (Fsp3) is 0.357. The van der Waals surface area contributed by atoms with Crippen molar-refractivity contribution in [2.75, 3.05) is 19.7 Å². The van der Waals surface area contributed by atoms with E-state index in [1.54, 1.807) is 17.0 Å². The number of amides is 1. The molecule has 20 heavy (non-hydrogen) atoms. The lowest BCUT2D eigenvalue weighted by Crippen LogP contribution is -2.34. The largest absolute Gasteiger partial charge is 0.484 e. The molecule has 1 amide bonds. The Morgan fingerprint density at radius 1 is 1.25 bits per heavy atom. The summed E-state index contributed by atoms with van der Waals surface area (Å²) in [5, 5.41) is 7.44. The van der Waals surface area contributed by atoms with Crippen molar-refractivity contribution >= 4 is 5.91 Å². The van der Waals surface area contributed by atoms with Gasteiger partial charge in [-0.3, -0.25) is 4.79 Å². The first-order valence-electron chi connectivity index (χ1n) is 6.51. The van der Waals surface area contributed by atoms with Crippen LogP contribution in [-0.2, 0) is 4.79 Å². The maximum absolute atomic E-state index is 11.8. The molecule has 2 aromatic rings. The highest BCUT2D eigenvalue weighted by molar-refractivity contribution is 5.77. The molecule has 0 atom stereocenters. The highest BCUT2D eigenvalue weighted by Gasteiger charge is 2.10. The first kappa shape index (κ1) is 14.0. The molecule has 1 aromatic heterocycles. The van der Waals surface area contributed by atoms with E-state index in [0.717, 1.165) is 5.56 Å². The lowest BCUT2D eigenvalue weighted by molar-refractivity contribution is -0.132. The first-order valence-corrected chi connectivity index (χ1v) is 6.51. The summed E-state index contributed by atoms with van der Waals surface area (Å²) in [6.45, 7) is 5.31. The molecule has 0 saturated carbocycles. The minimum Gasteiger partial charge on any atom is -0.484 e. The quantitative estimate of drug-likeness (QED) is 0.806. The summed E-state index contributed by atoms with van der Waals surface area (Å²) in [4.78, 5) is 13.5. The summed E-state index contributed by atoms with van der Waals surface area (Å²) in [5.41, 5.74) is 0.810. The number of carbonyl (C=O) groups is 1. The van der Waals surface area contributed by atoms with Crippen molar-refractivity contribution in [2.45, 2.75) is 13.8 Å². The average Bonchev–Trinajstić information content (AvgIpc) is 3.01. The van der Waals surface area contributed by atoms with Crippen LogP contribution in [0.15, 0.2) is 35.1 Å². The molecule has 1 aromatic carbocycles. The molecule has 1 heterocycles. The van der Waals surface area contributed by atoms with Crippen molar-refractivity contribution in [3.63, 3.8) is 0 Å². The third-order valence-electron chi connectivity index (χ3n) is 2.94. The van der Waals surface area contributed by atoms with Crippen molar-refractivity contribution < 1.29 is 13.9 Å². The SMILES string of the molecule is CCN(CC)C(=O)COc1ccc(-c2nnco2)cc1. The Morgan fingerprint density at radius 2 is 1.95 bits per heavy atom. The number of ether oxygens (including phenoxy) is 1. The normalized spacial score (nSPS) is 10.3. The zero-order chi connectivity index (χ0) is 14.4. The van der Waals surface area contributed by atoms with Crippen LogP contribution in [0.1, 0.15) is 13.8 Å². The fourth-order valence-electron chi connectivity index (χ4n) is 1.81. The van der Waals surface area contributed by atoms with Crippen LogP contribution < -0.4 is 4.74 Å². The monoisotopic (exact) mass is 275 g/mol. The number of hydrogen-bond donors (Lipinski definition) is 0. The van der Waals surface area contributed by atoms with E-state index < -0.39 is 0 Å². The number of hydrogen-bond acceptors (Lipinski definition) is 5. The summed E-state index contributed by atoms with van der Waals surface area (Å²) in [6, 6.07) is 7.17. The van der Waals surface area contributed by atoms with Gasteiger partial charge in [0.05, 0.1) is 0 Å². The van der Waals surface area contributed by atoms with Crippen LogP contribution in [0.5, 0.6) is 5.75 Å². The van der Waals surface area contributed by atoms with Crippen molar-refractivity contribution in [1.29, 1.82) is 0 Å². The minimum absolute atomic E-state index is 0.0176. The maximum Gasteiger partial charge on any atom is 0.260 e. The van der Waals surface area contributed by atoms with Crippen LogP contribution in [0.25, 0.3) is 11.5 Å². The van der Waals surface area contributed by atoms with Gasteiger partial charge in [-0.1, -0.05) is 0 Å². The fourth-order valence-corrected chi connectivity index (χ4v) is 1.81. The number of nitrogens with zero attached hydrogens (tertiary/aromatic N) is 3. The predicted molar refractivity (Wildman–Crippen MR) is 73.2 cm³/mol. The van der Waals surface area contributed by atoms with Gasteiger partial charge in [-0.05, 0) is 38.1 Å². The van der Waals surface area contributed by atoms with Gasteiger partial charge in [0.1, 0.15) is 5.75 Å². The Kier molecular flexibility index (Phi) is 4.70. The van der Waals surface area contributed by atoms with E-state index in [4.69, 9.17) is 9.15 Å². The lowest BCUT2D eigenvalue weighted by Gasteiger charge is -2.18. The summed E-state index contributed by atoms with van der Waals surface area (Å²) >= 11 is 0. The Balaban J connectivity index is 1.93. The molecule has 0 bridgehead atoms. The van der Waals surface area contributed by atoms with Crippen LogP contribution in [-0.4, -0.2) is 40.7 Å². The third kappa shape index (κ3) is 3.34. The van der Waals surface area contributed by atoms with Gasteiger partial charge in [0.15, 0.2) is 6.61 Å². The Hall–Kier alpha value is -2.37. The summed E-state index contributed by atoms with van der Waals surface area (Å²) in [6.07, 6.45) is 1.28. The van der Waals surface area contributed by atoms with Gasteiger partial charge in [0, 0.05) is 18.7 Å². The Morgan fingerprint density at radius 3 is 2.50 bits per heavy atom. The zero-order valence-electron chi connectivity index (χ0n) is 11.6. The molecule has 0 aliphatic heterocycles. The Labute approximate surface area is 117 Å². The number of aromatic nitrogens is 2. The highest BCUT2D eigenvalue weighted by atomic mass is 16.5. The van der Waals surface area contributed by atoms with Gasteiger partial charge in [0.2, 0.25) is 12.3 Å². The standard InChI is InChI=1S/C14H17N3O3/c1-3-17(4-2)13(18)9-19-12-7-5-11(6-8-12)14-16-15-10-20-14/h5-8,10H,3-4,9H2,1-2H3. The highest BCUT2D eigenvalue weighted by Crippen LogP contribution is 2.20. The molecule has 6 heteroatoms. The summed E-state index contributed by atoms with van der Waals surface area (Å²) in [7, 11) is 0. The topological polar surface area (TPSA) is 68.5 Å². The van der Waals surface area contributed by atoms with Crippen LogP contribution >= 0.6 is 0 Å². The molecule has 0 spiro atoms. The molecule has 6 nitrogen and oxygen atoms in total. The molecular weight excluding hydrogens is 258 g/mol. The van der Waals surface area contributed by atoms with Gasteiger partial charge >= 0.3 is 0 Å².